The predicted octanol–water partition coefficient (Wildman–Crippen LogP) is 3.21. The van der Waals surface area contributed by atoms with Crippen LogP contribution >= 0.6 is 0 Å². The van der Waals surface area contributed by atoms with Gasteiger partial charge in [0, 0.05) is 38.1 Å². The number of carbonyl (C=O) groups is 1. The maximum Gasteiger partial charge on any atom is 0.272 e. The van der Waals surface area contributed by atoms with Gasteiger partial charge in [-0.05, 0) is 36.2 Å². The van der Waals surface area contributed by atoms with Crippen molar-refractivity contribution in [2.24, 2.45) is 0 Å². The van der Waals surface area contributed by atoms with Crippen molar-refractivity contribution in [2.45, 2.75) is 6.42 Å². The lowest BCUT2D eigenvalue weighted by Gasteiger charge is -2.17. The van der Waals surface area contributed by atoms with Gasteiger partial charge in [-0.2, -0.15) is 0 Å². The van der Waals surface area contributed by atoms with Crippen molar-refractivity contribution in [3.05, 3.63) is 78.0 Å². The van der Waals surface area contributed by atoms with Crippen molar-refractivity contribution < 1.29 is 13.6 Å². The highest BCUT2D eigenvalue weighted by molar-refractivity contribution is 5.92. The van der Waals surface area contributed by atoms with Gasteiger partial charge in [0.1, 0.15) is 29.5 Å². The van der Waals surface area contributed by atoms with Gasteiger partial charge in [-0.1, -0.05) is 0 Å². The third-order valence-corrected chi connectivity index (χ3v) is 3.91. The Hall–Kier alpha value is -3.42. The zero-order valence-corrected chi connectivity index (χ0v) is 14.6. The van der Waals surface area contributed by atoms with Gasteiger partial charge in [-0.15, -0.1) is 0 Å². The van der Waals surface area contributed by atoms with Crippen molar-refractivity contribution in [2.75, 3.05) is 18.9 Å². The first-order valence-corrected chi connectivity index (χ1v) is 8.21. The van der Waals surface area contributed by atoms with E-state index >= 15 is 0 Å². The van der Waals surface area contributed by atoms with E-state index in [2.05, 4.69) is 20.3 Å². The van der Waals surface area contributed by atoms with Crippen LogP contribution < -0.4 is 5.32 Å². The van der Waals surface area contributed by atoms with E-state index in [0.29, 0.717) is 13.0 Å². The topological polar surface area (TPSA) is 71.0 Å². The molecule has 3 rings (SSSR count). The zero-order valence-electron chi connectivity index (χ0n) is 14.6. The van der Waals surface area contributed by atoms with Gasteiger partial charge in [-0.25, -0.2) is 18.7 Å². The first-order valence-electron chi connectivity index (χ1n) is 8.21. The summed E-state index contributed by atoms with van der Waals surface area (Å²) >= 11 is 0. The summed E-state index contributed by atoms with van der Waals surface area (Å²) in [6.07, 6.45) is 5.30. The minimum absolute atomic E-state index is 0.0551. The number of hydrogen-bond acceptors (Lipinski definition) is 5. The number of rotatable bonds is 6. The number of aromatic nitrogens is 3. The summed E-state index contributed by atoms with van der Waals surface area (Å²) < 4.78 is 26.8. The lowest BCUT2D eigenvalue weighted by molar-refractivity contribution is 0.0790. The van der Waals surface area contributed by atoms with Gasteiger partial charge >= 0.3 is 0 Å². The molecule has 2 heterocycles. The van der Waals surface area contributed by atoms with Gasteiger partial charge in [-0.3, -0.25) is 9.78 Å². The highest BCUT2D eigenvalue weighted by Crippen LogP contribution is 2.19. The smallest absolute Gasteiger partial charge is 0.272 e. The van der Waals surface area contributed by atoms with Crippen LogP contribution in [0.15, 0.2) is 55.1 Å². The van der Waals surface area contributed by atoms with Crippen LogP contribution in [-0.2, 0) is 6.42 Å². The number of hydrogen-bond donors (Lipinski definition) is 1. The molecule has 1 aromatic carbocycles. The molecule has 6 nitrogen and oxygen atoms in total. The summed E-state index contributed by atoms with van der Waals surface area (Å²) in [5, 5.41) is 2.72. The molecule has 0 atom stereocenters. The van der Waals surface area contributed by atoms with Crippen molar-refractivity contribution in [3.63, 3.8) is 0 Å². The van der Waals surface area contributed by atoms with E-state index in [4.69, 9.17) is 0 Å². The fourth-order valence-corrected chi connectivity index (χ4v) is 2.41. The lowest BCUT2D eigenvalue weighted by Crippen LogP contribution is -2.29. The Labute approximate surface area is 154 Å². The van der Waals surface area contributed by atoms with Crippen LogP contribution in [0.1, 0.15) is 16.1 Å². The molecular weight excluding hydrogens is 352 g/mol. The maximum atomic E-state index is 13.8. The minimum Gasteiger partial charge on any atom is -0.340 e. The number of amides is 1. The summed E-state index contributed by atoms with van der Waals surface area (Å²) in [6, 6.07) is 8.36. The number of nitrogens with one attached hydrogen (secondary N) is 1. The second-order valence-corrected chi connectivity index (χ2v) is 5.87. The van der Waals surface area contributed by atoms with Crippen LogP contribution in [0.2, 0.25) is 0 Å². The summed E-state index contributed by atoms with van der Waals surface area (Å²) in [6.45, 7) is 0.502. The van der Waals surface area contributed by atoms with Crippen molar-refractivity contribution in [3.8, 4) is 0 Å². The number of anilines is 2. The minimum atomic E-state index is -0.754. The molecule has 0 saturated heterocycles. The van der Waals surface area contributed by atoms with Crippen molar-refractivity contribution in [1.29, 1.82) is 0 Å². The van der Waals surface area contributed by atoms with Crippen LogP contribution in [0, 0.1) is 11.6 Å². The third-order valence-electron chi connectivity index (χ3n) is 3.91. The Balaban J connectivity index is 1.67. The van der Waals surface area contributed by atoms with Gasteiger partial charge in [0.25, 0.3) is 5.91 Å². The van der Waals surface area contributed by atoms with Crippen molar-refractivity contribution in [1.82, 2.24) is 19.9 Å². The number of nitrogens with zero attached hydrogens (tertiary/aromatic N) is 4. The molecule has 2 aromatic heterocycles. The van der Waals surface area contributed by atoms with E-state index in [1.165, 1.54) is 18.5 Å². The fourth-order valence-electron chi connectivity index (χ4n) is 2.41. The van der Waals surface area contributed by atoms with Gasteiger partial charge in [0.2, 0.25) is 0 Å². The Kier molecular flexibility index (Phi) is 5.65. The molecule has 1 amide bonds. The third kappa shape index (κ3) is 4.81. The molecule has 0 bridgehead atoms. The molecule has 0 aliphatic rings. The fraction of sp³-hybridized carbons (Fsp3) is 0.158. The SMILES string of the molecule is CN(CCc1ccncc1)C(=O)c1cc(Nc2ccc(F)cc2F)ncn1. The number of carbonyl (C=O) groups excluding carboxylic acids is 1. The quantitative estimate of drug-likeness (QED) is 0.722. The van der Waals surface area contributed by atoms with E-state index in [9.17, 15) is 13.6 Å². The van der Waals surface area contributed by atoms with Crippen LogP contribution in [0.3, 0.4) is 0 Å². The first kappa shape index (κ1) is 18.4. The number of benzene rings is 1. The van der Waals surface area contributed by atoms with Crippen molar-refractivity contribution >= 4 is 17.4 Å². The Bertz CT molecular complexity index is 936. The van der Waals surface area contributed by atoms with Gasteiger partial charge in [0.05, 0.1) is 5.69 Å². The second kappa shape index (κ2) is 8.31. The highest BCUT2D eigenvalue weighted by atomic mass is 19.1. The molecule has 0 radical (unpaired) electrons. The molecular formula is C19H17F2N5O. The molecule has 0 aliphatic carbocycles. The zero-order chi connectivity index (χ0) is 19.2. The van der Waals surface area contributed by atoms with E-state index in [1.54, 1.807) is 24.3 Å². The molecule has 8 heteroatoms. The number of halogens is 2. The lowest BCUT2D eigenvalue weighted by atomic mass is 10.2. The molecule has 0 saturated carbocycles. The molecule has 27 heavy (non-hydrogen) atoms. The molecule has 0 spiro atoms. The summed E-state index contributed by atoms with van der Waals surface area (Å²) in [5.74, 6) is -1.47. The summed E-state index contributed by atoms with van der Waals surface area (Å²) in [7, 11) is 1.68. The summed E-state index contributed by atoms with van der Waals surface area (Å²) in [4.78, 5) is 26.0. The molecule has 1 N–H and O–H groups in total. The predicted molar refractivity (Wildman–Crippen MR) is 96.6 cm³/mol. The number of likely N-dealkylation sites (N-methyl/N-ethyl adjacent to an activating group) is 1. The van der Waals surface area contributed by atoms with E-state index in [-0.39, 0.29) is 23.1 Å². The maximum absolute atomic E-state index is 13.8. The van der Waals surface area contributed by atoms with Crippen LogP contribution in [0.5, 0.6) is 0 Å². The monoisotopic (exact) mass is 369 g/mol. The first-order chi connectivity index (χ1) is 13.0. The molecule has 0 unspecified atom stereocenters. The molecule has 3 aromatic rings. The average Bonchev–Trinajstić information content (AvgIpc) is 2.69. The standard InChI is InChI=1S/C19H17F2N5O/c1-26(9-6-13-4-7-22-8-5-13)19(27)17-11-18(24-12-23-17)25-16-3-2-14(20)10-15(16)21/h2-5,7-8,10-12H,6,9H2,1H3,(H,23,24,25). The average molecular weight is 369 g/mol. The second-order valence-electron chi connectivity index (χ2n) is 5.87. The molecule has 0 aliphatic heterocycles. The summed E-state index contributed by atoms with van der Waals surface area (Å²) in [5.41, 5.74) is 1.30. The normalized spacial score (nSPS) is 10.5. The number of pyridine rings is 1. The van der Waals surface area contributed by atoms with Crippen LogP contribution in [-0.4, -0.2) is 39.4 Å². The molecule has 138 valence electrons. The van der Waals surface area contributed by atoms with Crippen LogP contribution in [0.4, 0.5) is 20.3 Å². The van der Waals surface area contributed by atoms with Crippen LogP contribution in [0.25, 0.3) is 0 Å². The van der Waals surface area contributed by atoms with E-state index in [0.717, 1.165) is 17.7 Å². The van der Waals surface area contributed by atoms with Gasteiger partial charge in [0.15, 0.2) is 0 Å². The highest BCUT2D eigenvalue weighted by Gasteiger charge is 2.15. The Morgan fingerprint density at radius 1 is 1.11 bits per heavy atom. The van der Waals surface area contributed by atoms with E-state index < -0.39 is 11.6 Å². The largest absolute Gasteiger partial charge is 0.340 e. The Morgan fingerprint density at radius 2 is 1.89 bits per heavy atom. The molecule has 0 fully saturated rings. The van der Waals surface area contributed by atoms with E-state index in [1.807, 2.05) is 12.1 Å². The Morgan fingerprint density at radius 3 is 2.63 bits per heavy atom. The van der Waals surface area contributed by atoms with Gasteiger partial charge < -0.3 is 10.2 Å².